The second-order valence-corrected chi connectivity index (χ2v) is 7.17. The van der Waals surface area contributed by atoms with E-state index >= 15 is 0 Å². The zero-order valence-corrected chi connectivity index (χ0v) is 15.4. The summed E-state index contributed by atoms with van der Waals surface area (Å²) in [5.41, 5.74) is 0.829. The van der Waals surface area contributed by atoms with Crippen molar-refractivity contribution in [2.45, 2.75) is 32.5 Å². The topological polar surface area (TPSA) is 73.1 Å². The molecule has 148 valence electrons. The fourth-order valence-electron chi connectivity index (χ4n) is 3.63. The molecule has 3 heterocycles. The maximum absolute atomic E-state index is 12.9. The Bertz CT molecular complexity index is 1010. The van der Waals surface area contributed by atoms with E-state index in [1.807, 2.05) is 10.9 Å². The predicted molar refractivity (Wildman–Crippen MR) is 95.8 cm³/mol. The molecule has 0 bridgehead atoms. The van der Waals surface area contributed by atoms with Crippen LogP contribution in [0.15, 0.2) is 24.5 Å². The molecule has 2 atom stereocenters. The van der Waals surface area contributed by atoms with Crippen molar-refractivity contribution in [2.24, 2.45) is 5.92 Å². The molecule has 1 fully saturated rings. The molecule has 0 radical (unpaired) electrons. The van der Waals surface area contributed by atoms with Gasteiger partial charge in [-0.1, -0.05) is 6.92 Å². The van der Waals surface area contributed by atoms with Crippen LogP contribution in [0.2, 0.25) is 0 Å². The number of aromatic nitrogens is 4. The fourth-order valence-corrected chi connectivity index (χ4v) is 3.63. The van der Waals surface area contributed by atoms with Crippen LogP contribution in [-0.2, 0) is 10.9 Å². The lowest BCUT2D eigenvalue weighted by Gasteiger charge is -2.28. The van der Waals surface area contributed by atoms with Crippen LogP contribution in [0, 0.1) is 12.8 Å². The molecule has 1 saturated heterocycles. The van der Waals surface area contributed by atoms with Crippen molar-refractivity contribution in [3.05, 3.63) is 35.7 Å². The number of rotatable bonds is 2. The van der Waals surface area contributed by atoms with Crippen LogP contribution >= 0.6 is 0 Å². The fraction of sp³-hybridized carbons (Fsp3) is 0.421. The van der Waals surface area contributed by atoms with Gasteiger partial charge < -0.3 is 9.84 Å². The van der Waals surface area contributed by atoms with Gasteiger partial charge in [-0.25, -0.2) is 9.97 Å². The summed E-state index contributed by atoms with van der Waals surface area (Å²) in [7, 11) is 0. The Morgan fingerprint density at radius 2 is 2.07 bits per heavy atom. The number of hydrogen-bond donors (Lipinski definition) is 1. The van der Waals surface area contributed by atoms with Crippen LogP contribution in [0.5, 0.6) is 5.75 Å². The van der Waals surface area contributed by atoms with E-state index in [-0.39, 0.29) is 22.9 Å². The Hall–Kier alpha value is -2.68. The maximum Gasteiger partial charge on any atom is 0.416 e. The molecule has 6 nitrogen and oxygen atoms in total. The van der Waals surface area contributed by atoms with Gasteiger partial charge in [0.25, 0.3) is 0 Å². The number of fused-ring (bicyclic) bond motifs is 1. The first-order valence-electron chi connectivity index (χ1n) is 8.95. The molecule has 4 rings (SSSR count). The van der Waals surface area contributed by atoms with Gasteiger partial charge in [0.2, 0.25) is 0 Å². The zero-order valence-electron chi connectivity index (χ0n) is 15.4. The van der Waals surface area contributed by atoms with Gasteiger partial charge in [0.05, 0.1) is 36.3 Å². The summed E-state index contributed by atoms with van der Waals surface area (Å²) >= 11 is 0. The molecular weight excluding hydrogens is 373 g/mol. The number of halogens is 3. The quantitative estimate of drug-likeness (QED) is 0.710. The van der Waals surface area contributed by atoms with Crippen LogP contribution in [0.3, 0.4) is 0 Å². The molecule has 28 heavy (non-hydrogen) atoms. The minimum atomic E-state index is -4.53. The Morgan fingerprint density at radius 3 is 2.75 bits per heavy atom. The second-order valence-electron chi connectivity index (χ2n) is 7.17. The van der Waals surface area contributed by atoms with Crippen LogP contribution in [0.25, 0.3) is 22.4 Å². The van der Waals surface area contributed by atoms with Crippen LogP contribution in [0.4, 0.5) is 13.2 Å². The van der Waals surface area contributed by atoms with Gasteiger partial charge in [-0.15, -0.1) is 0 Å². The van der Waals surface area contributed by atoms with Crippen molar-refractivity contribution in [1.29, 1.82) is 0 Å². The van der Waals surface area contributed by atoms with E-state index in [2.05, 4.69) is 22.0 Å². The van der Waals surface area contributed by atoms with E-state index in [1.54, 1.807) is 0 Å². The zero-order chi connectivity index (χ0) is 20.1. The largest absolute Gasteiger partial charge is 0.507 e. The summed E-state index contributed by atoms with van der Waals surface area (Å²) in [6.45, 7) is 4.91. The molecule has 1 N–H and O–H groups in total. The summed E-state index contributed by atoms with van der Waals surface area (Å²) in [5.74, 6) is -0.192. The van der Waals surface area contributed by atoms with Crippen LogP contribution in [-0.4, -0.2) is 38.1 Å². The van der Waals surface area contributed by atoms with Crippen molar-refractivity contribution in [3.63, 3.8) is 0 Å². The van der Waals surface area contributed by atoms with Crippen molar-refractivity contribution in [1.82, 2.24) is 19.7 Å². The van der Waals surface area contributed by atoms with E-state index in [9.17, 15) is 18.3 Å². The van der Waals surface area contributed by atoms with Crippen molar-refractivity contribution in [3.8, 4) is 17.0 Å². The lowest BCUT2D eigenvalue weighted by molar-refractivity contribution is -0.137. The SMILES string of the molecule is Cc1cc(C(F)(F)F)cc(O)c1-c1cnc2cn(C3CCOCC3C)nc2n1. The number of hydrogen-bond acceptors (Lipinski definition) is 5. The molecule has 2 aromatic heterocycles. The molecule has 9 heteroatoms. The monoisotopic (exact) mass is 392 g/mol. The van der Waals surface area contributed by atoms with E-state index in [1.165, 1.54) is 13.1 Å². The number of phenolic OH excluding ortho intramolecular Hbond substituents is 1. The number of benzene rings is 1. The first kappa shape index (κ1) is 18.7. The highest BCUT2D eigenvalue weighted by Crippen LogP contribution is 2.38. The van der Waals surface area contributed by atoms with Gasteiger partial charge >= 0.3 is 6.18 Å². The van der Waals surface area contributed by atoms with Crippen LogP contribution < -0.4 is 0 Å². The smallest absolute Gasteiger partial charge is 0.416 e. The molecule has 0 aliphatic carbocycles. The number of ether oxygens (including phenoxy) is 1. The van der Waals surface area contributed by atoms with E-state index < -0.39 is 17.5 Å². The summed E-state index contributed by atoms with van der Waals surface area (Å²) in [4.78, 5) is 8.77. The minimum Gasteiger partial charge on any atom is -0.507 e. The van der Waals surface area contributed by atoms with Gasteiger partial charge in [-0.2, -0.15) is 18.3 Å². The molecule has 0 amide bonds. The minimum absolute atomic E-state index is 0.175. The second kappa shape index (κ2) is 6.73. The molecule has 1 aliphatic rings. The summed E-state index contributed by atoms with van der Waals surface area (Å²) in [5, 5.41) is 14.7. The third-order valence-corrected chi connectivity index (χ3v) is 5.08. The number of aromatic hydroxyl groups is 1. The van der Waals surface area contributed by atoms with Crippen molar-refractivity contribution < 1.29 is 23.0 Å². The van der Waals surface area contributed by atoms with Gasteiger partial charge in [-0.05, 0) is 31.0 Å². The molecule has 1 aromatic carbocycles. The number of nitrogens with zero attached hydrogens (tertiary/aromatic N) is 4. The highest BCUT2D eigenvalue weighted by Gasteiger charge is 2.32. The number of phenols is 1. The lowest BCUT2D eigenvalue weighted by atomic mass is 9.98. The maximum atomic E-state index is 12.9. The normalized spacial score (nSPS) is 20.6. The van der Waals surface area contributed by atoms with E-state index in [0.29, 0.717) is 36.4 Å². The molecule has 0 saturated carbocycles. The predicted octanol–water partition coefficient (Wildman–Crippen LogP) is 4.12. The van der Waals surface area contributed by atoms with Crippen molar-refractivity contribution >= 4 is 11.2 Å². The summed E-state index contributed by atoms with van der Waals surface area (Å²) in [6.07, 6.45) is -0.439. The van der Waals surface area contributed by atoms with E-state index in [4.69, 9.17) is 4.74 Å². The summed E-state index contributed by atoms with van der Waals surface area (Å²) in [6, 6.07) is 1.87. The molecular formula is C19H19F3N4O2. The van der Waals surface area contributed by atoms with Gasteiger partial charge in [0.1, 0.15) is 11.3 Å². The Balaban J connectivity index is 1.74. The standard InChI is InChI=1S/C19H19F3N4O2/c1-10-5-12(19(20,21)22)6-16(27)17(10)13-7-23-14-8-26(25-18(14)24-13)15-3-4-28-9-11(15)2/h5-8,11,15,27H,3-4,9H2,1-2H3. The number of alkyl halides is 3. The third-order valence-electron chi connectivity index (χ3n) is 5.08. The van der Waals surface area contributed by atoms with E-state index in [0.717, 1.165) is 12.5 Å². The van der Waals surface area contributed by atoms with Gasteiger partial charge in [0, 0.05) is 18.1 Å². The first-order chi connectivity index (χ1) is 13.2. The molecule has 1 aliphatic heterocycles. The first-order valence-corrected chi connectivity index (χ1v) is 8.95. The average Bonchev–Trinajstić information content (AvgIpc) is 3.04. The van der Waals surface area contributed by atoms with Gasteiger partial charge in [0.15, 0.2) is 5.65 Å². The van der Waals surface area contributed by atoms with Crippen molar-refractivity contribution in [2.75, 3.05) is 13.2 Å². The van der Waals surface area contributed by atoms with Crippen LogP contribution in [0.1, 0.15) is 30.5 Å². The highest BCUT2D eigenvalue weighted by atomic mass is 19.4. The Kier molecular flexibility index (Phi) is 4.49. The molecule has 3 aromatic rings. The molecule has 2 unspecified atom stereocenters. The Labute approximate surface area is 159 Å². The number of aryl methyl sites for hydroxylation is 1. The average molecular weight is 392 g/mol. The Morgan fingerprint density at radius 1 is 1.29 bits per heavy atom. The van der Waals surface area contributed by atoms with Gasteiger partial charge in [-0.3, -0.25) is 4.68 Å². The third kappa shape index (κ3) is 3.30. The lowest BCUT2D eigenvalue weighted by Crippen LogP contribution is -2.28. The highest BCUT2D eigenvalue weighted by molar-refractivity contribution is 5.77. The summed E-state index contributed by atoms with van der Waals surface area (Å²) < 4.78 is 46.1. The molecule has 0 spiro atoms.